The van der Waals surface area contributed by atoms with Crippen molar-refractivity contribution >= 4 is 5.97 Å². The first kappa shape index (κ1) is 17.2. The van der Waals surface area contributed by atoms with E-state index in [1.165, 1.54) is 23.1 Å². The predicted molar refractivity (Wildman–Crippen MR) is 87.1 cm³/mol. The Morgan fingerprint density at radius 1 is 1.07 bits per heavy atom. The number of esters is 1. The Morgan fingerprint density at radius 3 is 2.37 bits per heavy atom. The standard InChI is InChI=1S/C18H13F3N4O2/c19-18(20,21)12-3-1-11(2-4-12)15-9-16(15)17(26)27-14-7-5-13(6-8-14)25-10-22-23-24-25/h1-8,10,15-16H,9H2/t15-,16+/m0/s1. The molecular formula is C18H13F3N4O2. The molecule has 4 rings (SSSR count). The maximum atomic E-state index is 12.6. The van der Waals surface area contributed by atoms with E-state index in [9.17, 15) is 18.0 Å². The fourth-order valence-corrected chi connectivity index (χ4v) is 2.88. The Balaban J connectivity index is 1.37. The summed E-state index contributed by atoms with van der Waals surface area (Å²) in [5.74, 6) is -0.467. The molecule has 0 spiro atoms. The van der Waals surface area contributed by atoms with Gasteiger partial charge < -0.3 is 4.74 Å². The molecule has 3 aromatic rings. The number of tetrazole rings is 1. The van der Waals surface area contributed by atoms with E-state index in [0.717, 1.165) is 12.1 Å². The number of benzene rings is 2. The van der Waals surface area contributed by atoms with Crippen LogP contribution in [-0.2, 0) is 11.0 Å². The van der Waals surface area contributed by atoms with Gasteiger partial charge in [0.25, 0.3) is 0 Å². The van der Waals surface area contributed by atoms with Gasteiger partial charge in [0.1, 0.15) is 12.1 Å². The molecule has 2 aromatic carbocycles. The zero-order valence-corrected chi connectivity index (χ0v) is 13.8. The Bertz CT molecular complexity index is 938. The van der Waals surface area contributed by atoms with Crippen molar-refractivity contribution in [3.63, 3.8) is 0 Å². The van der Waals surface area contributed by atoms with E-state index in [4.69, 9.17) is 4.74 Å². The lowest BCUT2D eigenvalue weighted by molar-refractivity contribution is -0.138. The molecule has 6 nitrogen and oxygen atoms in total. The summed E-state index contributed by atoms with van der Waals surface area (Å²) in [6.07, 6.45) is -2.36. The molecule has 9 heteroatoms. The van der Waals surface area contributed by atoms with Gasteiger partial charge in [0.05, 0.1) is 17.2 Å². The topological polar surface area (TPSA) is 69.9 Å². The summed E-state index contributed by atoms with van der Waals surface area (Å²) >= 11 is 0. The van der Waals surface area contributed by atoms with E-state index in [2.05, 4.69) is 15.5 Å². The number of rotatable bonds is 4. The lowest BCUT2D eigenvalue weighted by Crippen LogP contribution is -2.11. The first-order chi connectivity index (χ1) is 12.9. The molecule has 138 valence electrons. The first-order valence-electron chi connectivity index (χ1n) is 8.14. The number of ether oxygens (including phenoxy) is 1. The van der Waals surface area contributed by atoms with Crippen molar-refractivity contribution < 1.29 is 22.7 Å². The number of hydrogen-bond donors (Lipinski definition) is 0. The fourth-order valence-electron chi connectivity index (χ4n) is 2.88. The molecule has 1 heterocycles. The largest absolute Gasteiger partial charge is 0.426 e. The van der Waals surface area contributed by atoms with E-state index in [-0.39, 0.29) is 11.8 Å². The minimum absolute atomic E-state index is 0.111. The minimum atomic E-state index is -4.37. The molecule has 0 bridgehead atoms. The molecule has 1 fully saturated rings. The normalized spacial score (nSPS) is 18.9. The van der Waals surface area contributed by atoms with Crippen molar-refractivity contribution in [3.05, 3.63) is 66.0 Å². The summed E-state index contributed by atoms with van der Waals surface area (Å²) in [5, 5.41) is 10.8. The number of nitrogens with zero attached hydrogens (tertiary/aromatic N) is 4. The van der Waals surface area contributed by atoms with Gasteiger partial charge in [-0.25, -0.2) is 4.68 Å². The highest BCUT2D eigenvalue weighted by Gasteiger charge is 2.45. The monoisotopic (exact) mass is 374 g/mol. The maximum Gasteiger partial charge on any atom is 0.416 e. The summed E-state index contributed by atoms with van der Waals surface area (Å²) in [6.45, 7) is 0. The smallest absolute Gasteiger partial charge is 0.416 e. The second-order valence-corrected chi connectivity index (χ2v) is 6.24. The molecule has 27 heavy (non-hydrogen) atoms. The average molecular weight is 374 g/mol. The molecule has 1 aromatic heterocycles. The van der Waals surface area contributed by atoms with Gasteiger partial charge in [0.2, 0.25) is 0 Å². The first-order valence-corrected chi connectivity index (χ1v) is 8.14. The third-order valence-electron chi connectivity index (χ3n) is 4.43. The molecule has 1 aliphatic carbocycles. The van der Waals surface area contributed by atoms with Gasteiger partial charge in [-0.2, -0.15) is 13.2 Å². The van der Waals surface area contributed by atoms with Crippen LogP contribution in [0.25, 0.3) is 5.69 Å². The lowest BCUT2D eigenvalue weighted by atomic mass is 10.1. The quantitative estimate of drug-likeness (QED) is 0.517. The van der Waals surface area contributed by atoms with Crippen LogP contribution < -0.4 is 4.74 Å². The SMILES string of the molecule is O=C(Oc1ccc(-n2cnnn2)cc1)[C@@H]1C[C@H]1c1ccc(C(F)(F)F)cc1. The second-order valence-electron chi connectivity index (χ2n) is 6.24. The van der Waals surface area contributed by atoms with Gasteiger partial charge >= 0.3 is 12.1 Å². The predicted octanol–water partition coefficient (Wildman–Crippen LogP) is 3.39. The third-order valence-corrected chi connectivity index (χ3v) is 4.43. The van der Waals surface area contributed by atoms with Gasteiger partial charge in [-0.1, -0.05) is 12.1 Å². The van der Waals surface area contributed by atoms with Gasteiger partial charge in [-0.05, 0) is 64.7 Å². The fraction of sp³-hybridized carbons (Fsp3) is 0.222. The van der Waals surface area contributed by atoms with Gasteiger partial charge in [-0.15, -0.1) is 5.10 Å². The minimum Gasteiger partial charge on any atom is -0.426 e. The van der Waals surface area contributed by atoms with E-state index in [0.29, 0.717) is 23.4 Å². The second kappa shape index (κ2) is 6.49. The number of alkyl halides is 3. The van der Waals surface area contributed by atoms with E-state index in [1.54, 1.807) is 24.3 Å². The molecule has 1 saturated carbocycles. The Labute approximate surface area is 151 Å². The number of halogens is 3. The average Bonchev–Trinajstić information content (AvgIpc) is 3.27. The molecular weight excluding hydrogens is 361 g/mol. The lowest BCUT2D eigenvalue weighted by Gasteiger charge is -2.08. The van der Waals surface area contributed by atoms with Crippen LogP contribution in [0, 0.1) is 5.92 Å². The number of carbonyl (C=O) groups excluding carboxylic acids is 1. The summed E-state index contributed by atoms with van der Waals surface area (Å²) in [6, 6.07) is 11.6. The third kappa shape index (κ3) is 3.67. The van der Waals surface area contributed by atoms with Crippen LogP contribution in [0.4, 0.5) is 13.2 Å². The van der Waals surface area contributed by atoms with Crippen LogP contribution in [-0.4, -0.2) is 26.2 Å². The zero-order chi connectivity index (χ0) is 19.0. The van der Waals surface area contributed by atoms with Crippen LogP contribution >= 0.6 is 0 Å². The molecule has 2 atom stereocenters. The molecule has 0 amide bonds. The van der Waals surface area contributed by atoms with Crippen LogP contribution in [0.1, 0.15) is 23.5 Å². The van der Waals surface area contributed by atoms with Crippen LogP contribution in [0.2, 0.25) is 0 Å². The molecule has 0 N–H and O–H groups in total. The Morgan fingerprint density at radius 2 is 1.78 bits per heavy atom. The number of hydrogen-bond acceptors (Lipinski definition) is 5. The molecule has 1 aliphatic rings. The Hall–Kier alpha value is -3.23. The zero-order valence-electron chi connectivity index (χ0n) is 13.8. The van der Waals surface area contributed by atoms with Crippen LogP contribution in [0.15, 0.2) is 54.9 Å². The van der Waals surface area contributed by atoms with Crippen molar-refractivity contribution in [2.24, 2.45) is 5.92 Å². The van der Waals surface area contributed by atoms with Crippen molar-refractivity contribution in [2.75, 3.05) is 0 Å². The molecule has 0 radical (unpaired) electrons. The highest BCUT2D eigenvalue weighted by molar-refractivity contribution is 5.79. The molecule has 0 aliphatic heterocycles. The van der Waals surface area contributed by atoms with E-state index >= 15 is 0 Å². The van der Waals surface area contributed by atoms with Crippen molar-refractivity contribution in [3.8, 4) is 11.4 Å². The molecule has 0 saturated heterocycles. The summed E-state index contributed by atoms with van der Waals surface area (Å²) < 4.78 is 44.7. The molecule has 0 unspecified atom stereocenters. The van der Waals surface area contributed by atoms with Crippen LogP contribution in [0.5, 0.6) is 5.75 Å². The van der Waals surface area contributed by atoms with Gasteiger partial charge in [0, 0.05) is 0 Å². The summed E-state index contributed by atoms with van der Waals surface area (Å²) in [4.78, 5) is 12.3. The van der Waals surface area contributed by atoms with E-state index < -0.39 is 17.7 Å². The number of carbonyl (C=O) groups is 1. The van der Waals surface area contributed by atoms with Gasteiger partial charge in [-0.3, -0.25) is 4.79 Å². The highest BCUT2D eigenvalue weighted by Crippen LogP contribution is 2.48. The van der Waals surface area contributed by atoms with Crippen molar-refractivity contribution in [1.82, 2.24) is 20.2 Å². The number of aromatic nitrogens is 4. The van der Waals surface area contributed by atoms with Crippen molar-refractivity contribution in [1.29, 1.82) is 0 Å². The van der Waals surface area contributed by atoms with Crippen LogP contribution in [0.3, 0.4) is 0 Å². The highest BCUT2D eigenvalue weighted by atomic mass is 19.4. The summed E-state index contributed by atoms with van der Waals surface area (Å²) in [5.41, 5.74) is 0.724. The summed E-state index contributed by atoms with van der Waals surface area (Å²) in [7, 11) is 0. The maximum absolute atomic E-state index is 12.6. The Kier molecular flexibility index (Phi) is 4.14. The van der Waals surface area contributed by atoms with Gasteiger partial charge in [0.15, 0.2) is 0 Å². The van der Waals surface area contributed by atoms with Crippen molar-refractivity contribution in [2.45, 2.75) is 18.5 Å². The van der Waals surface area contributed by atoms with E-state index in [1.807, 2.05) is 0 Å².